The monoisotopic (exact) mass is 269 g/mol. The maximum Gasteiger partial charge on any atom is 0.311 e. The summed E-state index contributed by atoms with van der Waals surface area (Å²) in [5.41, 5.74) is -0.848. The molecule has 0 spiro atoms. The van der Waals surface area contributed by atoms with Gasteiger partial charge in [-0.3, -0.25) is 9.59 Å². The van der Waals surface area contributed by atoms with Crippen LogP contribution in [0, 0.1) is 11.3 Å². The normalized spacial score (nSPS) is 20.3. The molecule has 1 saturated carbocycles. The number of carbonyl (C=O) groups excluding carboxylic acids is 1. The van der Waals surface area contributed by atoms with Crippen molar-refractivity contribution in [1.82, 2.24) is 5.32 Å². The highest BCUT2D eigenvalue weighted by molar-refractivity contribution is 5.78. The summed E-state index contributed by atoms with van der Waals surface area (Å²) in [6.45, 7) is 3.75. The van der Waals surface area contributed by atoms with Crippen LogP contribution < -0.4 is 5.32 Å². The van der Waals surface area contributed by atoms with Crippen molar-refractivity contribution in [3.05, 3.63) is 0 Å². The Hall–Kier alpha value is -1.06. The molecule has 0 heterocycles. The van der Waals surface area contributed by atoms with E-state index in [1.807, 2.05) is 6.92 Å². The van der Waals surface area contributed by atoms with Crippen LogP contribution in [0.3, 0.4) is 0 Å². The van der Waals surface area contributed by atoms with E-state index in [0.717, 1.165) is 12.8 Å². The minimum absolute atomic E-state index is 0.00725. The zero-order valence-electron chi connectivity index (χ0n) is 12.2. The van der Waals surface area contributed by atoms with Crippen LogP contribution in [0.15, 0.2) is 0 Å². The fourth-order valence-corrected chi connectivity index (χ4v) is 2.55. The number of hydrogen-bond acceptors (Lipinski definition) is 2. The first-order chi connectivity index (χ1) is 8.98. The molecular weight excluding hydrogens is 242 g/mol. The Morgan fingerprint density at radius 3 is 2.26 bits per heavy atom. The second-order valence-electron chi connectivity index (χ2n) is 6.06. The van der Waals surface area contributed by atoms with Gasteiger partial charge in [0.2, 0.25) is 5.91 Å². The second-order valence-corrected chi connectivity index (χ2v) is 6.06. The molecule has 1 fully saturated rings. The van der Waals surface area contributed by atoms with Gasteiger partial charge in [0.1, 0.15) is 0 Å². The van der Waals surface area contributed by atoms with E-state index < -0.39 is 11.4 Å². The van der Waals surface area contributed by atoms with E-state index in [9.17, 15) is 9.59 Å². The molecule has 1 amide bonds. The molecule has 4 heteroatoms. The highest BCUT2D eigenvalue weighted by atomic mass is 16.4. The van der Waals surface area contributed by atoms with Gasteiger partial charge in [-0.2, -0.15) is 0 Å². The fraction of sp³-hybridized carbons (Fsp3) is 0.867. The van der Waals surface area contributed by atoms with Gasteiger partial charge in [-0.15, -0.1) is 0 Å². The Kier molecular flexibility index (Phi) is 6.32. The largest absolute Gasteiger partial charge is 0.481 e. The summed E-state index contributed by atoms with van der Waals surface area (Å²) in [6, 6.07) is 0. The number of amides is 1. The molecule has 0 aliphatic heterocycles. The summed E-state index contributed by atoms with van der Waals surface area (Å²) < 4.78 is 0. The lowest BCUT2D eigenvalue weighted by molar-refractivity contribution is -0.148. The average molecular weight is 269 g/mol. The van der Waals surface area contributed by atoms with E-state index in [1.54, 1.807) is 6.92 Å². The molecule has 110 valence electrons. The molecule has 0 aromatic carbocycles. The third kappa shape index (κ3) is 5.21. The van der Waals surface area contributed by atoms with Gasteiger partial charge in [0, 0.05) is 13.0 Å². The molecule has 0 saturated heterocycles. The average Bonchev–Trinajstić information content (AvgIpc) is 2.64. The van der Waals surface area contributed by atoms with E-state index in [-0.39, 0.29) is 12.5 Å². The third-order valence-electron chi connectivity index (χ3n) is 4.42. The first kappa shape index (κ1) is 16.0. The van der Waals surface area contributed by atoms with Crippen LogP contribution in [0.1, 0.15) is 65.2 Å². The minimum Gasteiger partial charge on any atom is -0.481 e. The molecule has 0 aromatic heterocycles. The van der Waals surface area contributed by atoms with Gasteiger partial charge < -0.3 is 10.4 Å². The Labute approximate surface area is 116 Å². The summed E-state index contributed by atoms with van der Waals surface area (Å²) in [5.74, 6) is -0.349. The quantitative estimate of drug-likeness (QED) is 0.728. The van der Waals surface area contributed by atoms with Crippen LogP contribution >= 0.6 is 0 Å². The molecule has 0 radical (unpaired) electrons. The third-order valence-corrected chi connectivity index (χ3v) is 4.42. The topological polar surface area (TPSA) is 66.4 Å². The highest BCUT2D eigenvalue weighted by Crippen LogP contribution is 2.25. The van der Waals surface area contributed by atoms with Crippen molar-refractivity contribution in [2.45, 2.75) is 65.2 Å². The summed E-state index contributed by atoms with van der Waals surface area (Å²) in [7, 11) is 0. The zero-order chi connectivity index (χ0) is 14.3. The van der Waals surface area contributed by atoms with Crippen LogP contribution in [-0.2, 0) is 9.59 Å². The maximum absolute atomic E-state index is 11.9. The van der Waals surface area contributed by atoms with Crippen molar-refractivity contribution in [2.75, 3.05) is 6.54 Å². The number of carboxylic acid groups (broad SMARTS) is 1. The predicted molar refractivity (Wildman–Crippen MR) is 74.9 cm³/mol. The van der Waals surface area contributed by atoms with Gasteiger partial charge in [-0.25, -0.2) is 0 Å². The van der Waals surface area contributed by atoms with Crippen molar-refractivity contribution in [2.24, 2.45) is 11.3 Å². The van der Waals surface area contributed by atoms with E-state index in [2.05, 4.69) is 5.32 Å². The lowest BCUT2D eigenvalue weighted by atomic mass is 9.87. The summed E-state index contributed by atoms with van der Waals surface area (Å²) in [4.78, 5) is 23.1. The van der Waals surface area contributed by atoms with Gasteiger partial charge in [0.05, 0.1) is 5.41 Å². The Morgan fingerprint density at radius 2 is 1.79 bits per heavy atom. The molecule has 2 N–H and O–H groups in total. The summed E-state index contributed by atoms with van der Waals surface area (Å²) >= 11 is 0. The Bertz CT molecular complexity index is 309. The van der Waals surface area contributed by atoms with E-state index >= 15 is 0 Å². The molecule has 1 aliphatic carbocycles. The minimum atomic E-state index is -0.848. The van der Waals surface area contributed by atoms with Crippen molar-refractivity contribution in [3.8, 4) is 0 Å². The molecule has 0 bridgehead atoms. The molecule has 19 heavy (non-hydrogen) atoms. The standard InChI is InChI=1S/C15H27NO3/c1-3-15(2,14(18)19)11-16-13(17)10-12-8-6-4-5-7-9-12/h12H,3-11H2,1-2H3,(H,16,17)(H,18,19). The van der Waals surface area contributed by atoms with Crippen molar-refractivity contribution < 1.29 is 14.7 Å². The molecule has 1 atom stereocenters. The number of carboxylic acids is 1. The molecule has 1 aliphatic rings. The lowest BCUT2D eigenvalue weighted by Crippen LogP contribution is -2.41. The predicted octanol–water partition coefficient (Wildman–Crippen LogP) is 2.96. The van der Waals surface area contributed by atoms with Crippen LogP contribution in [0.4, 0.5) is 0 Å². The number of rotatable bonds is 6. The van der Waals surface area contributed by atoms with Crippen molar-refractivity contribution >= 4 is 11.9 Å². The van der Waals surface area contributed by atoms with E-state index in [4.69, 9.17) is 5.11 Å². The summed E-state index contributed by atoms with van der Waals surface area (Å²) in [6.07, 6.45) is 8.36. The SMILES string of the molecule is CCC(C)(CNC(=O)CC1CCCCCC1)C(=O)O. The van der Waals surface area contributed by atoms with Crippen LogP contribution in [0.2, 0.25) is 0 Å². The van der Waals surface area contributed by atoms with Crippen molar-refractivity contribution in [3.63, 3.8) is 0 Å². The van der Waals surface area contributed by atoms with Crippen LogP contribution in [0.5, 0.6) is 0 Å². The van der Waals surface area contributed by atoms with Gasteiger partial charge in [-0.1, -0.05) is 32.6 Å². The Morgan fingerprint density at radius 1 is 1.21 bits per heavy atom. The van der Waals surface area contributed by atoms with Gasteiger partial charge in [0.25, 0.3) is 0 Å². The smallest absolute Gasteiger partial charge is 0.311 e. The molecule has 1 unspecified atom stereocenters. The first-order valence-corrected chi connectivity index (χ1v) is 7.48. The number of nitrogens with one attached hydrogen (secondary N) is 1. The summed E-state index contributed by atoms with van der Waals surface area (Å²) in [5, 5.41) is 12.0. The van der Waals surface area contributed by atoms with Crippen LogP contribution in [0.25, 0.3) is 0 Å². The zero-order valence-corrected chi connectivity index (χ0v) is 12.2. The van der Waals surface area contributed by atoms with E-state index in [1.165, 1.54) is 25.7 Å². The second kappa shape index (κ2) is 7.51. The van der Waals surface area contributed by atoms with Crippen LogP contribution in [-0.4, -0.2) is 23.5 Å². The van der Waals surface area contributed by atoms with Gasteiger partial charge in [-0.05, 0) is 32.1 Å². The molecule has 0 aromatic rings. The number of aliphatic carboxylic acids is 1. The molecular formula is C15H27NO3. The highest BCUT2D eigenvalue weighted by Gasteiger charge is 2.31. The van der Waals surface area contributed by atoms with Gasteiger partial charge in [0.15, 0.2) is 0 Å². The number of carbonyl (C=O) groups is 2. The first-order valence-electron chi connectivity index (χ1n) is 7.48. The molecule has 1 rings (SSSR count). The lowest BCUT2D eigenvalue weighted by Gasteiger charge is -2.24. The van der Waals surface area contributed by atoms with Gasteiger partial charge >= 0.3 is 5.97 Å². The molecule has 4 nitrogen and oxygen atoms in total. The maximum atomic E-state index is 11.9. The fourth-order valence-electron chi connectivity index (χ4n) is 2.55. The van der Waals surface area contributed by atoms with Crippen molar-refractivity contribution in [1.29, 1.82) is 0 Å². The number of hydrogen-bond donors (Lipinski definition) is 2. The van der Waals surface area contributed by atoms with E-state index in [0.29, 0.717) is 18.8 Å². The Balaban J connectivity index is 2.36.